The van der Waals surface area contributed by atoms with Crippen LogP contribution in [0.3, 0.4) is 0 Å². The first-order valence-corrected chi connectivity index (χ1v) is 11.8. The molecule has 0 saturated carbocycles. The molecule has 4 heterocycles. The summed E-state index contributed by atoms with van der Waals surface area (Å²) in [4.78, 5) is 22.8. The van der Waals surface area contributed by atoms with Gasteiger partial charge in [0, 0.05) is 56.7 Å². The van der Waals surface area contributed by atoms with Crippen molar-refractivity contribution in [3.63, 3.8) is 0 Å². The molecule has 10 heteroatoms. The number of carbonyl (C=O) groups excluding carboxylic acids is 1. The summed E-state index contributed by atoms with van der Waals surface area (Å²) in [7, 11) is -3.81. The second-order valence-electron chi connectivity index (χ2n) is 8.03. The lowest BCUT2D eigenvalue weighted by molar-refractivity contribution is 0.0396. The molecule has 1 aromatic rings. The molecule has 3 fully saturated rings. The van der Waals surface area contributed by atoms with E-state index in [4.69, 9.17) is 9.88 Å². The lowest BCUT2D eigenvalue weighted by atomic mass is 9.95. The van der Waals surface area contributed by atoms with E-state index in [0.717, 1.165) is 51.9 Å². The molecule has 29 heavy (non-hydrogen) atoms. The SMILES string of the molecule is CCOC(=O)N1C2CCC1CC(N1CCN(c3ccncc3S(N)(=O)=O)CC1)C2. The summed E-state index contributed by atoms with van der Waals surface area (Å²) in [6.07, 6.45) is 6.80. The molecular weight excluding hydrogens is 394 g/mol. The lowest BCUT2D eigenvalue weighted by Gasteiger charge is -2.46. The molecule has 0 radical (unpaired) electrons. The van der Waals surface area contributed by atoms with Gasteiger partial charge in [-0.3, -0.25) is 9.88 Å². The first-order valence-electron chi connectivity index (χ1n) is 10.3. The Morgan fingerprint density at radius 1 is 1.17 bits per heavy atom. The highest BCUT2D eigenvalue weighted by Crippen LogP contribution is 2.38. The molecule has 4 rings (SSSR count). The number of piperazine rings is 1. The van der Waals surface area contributed by atoms with Gasteiger partial charge in [0.05, 0.1) is 12.3 Å². The number of ether oxygens (including phenoxy) is 1. The summed E-state index contributed by atoms with van der Waals surface area (Å²) in [5.74, 6) is 0. The Morgan fingerprint density at radius 3 is 2.41 bits per heavy atom. The van der Waals surface area contributed by atoms with Gasteiger partial charge in [0.15, 0.2) is 0 Å². The molecule has 1 aromatic heterocycles. The van der Waals surface area contributed by atoms with Crippen LogP contribution < -0.4 is 10.0 Å². The van der Waals surface area contributed by atoms with Crippen molar-refractivity contribution in [3.05, 3.63) is 18.5 Å². The highest BCUT2D eigenvalue weighted by molar-refractivity contribution is 7.89. The van der Waals surface area contributed by atoms with E-state index in [9.17, 15) is 13.2 Å². The smallest absolute Gasteiger partial charge is 0.410 e. The number of carbonyl (C=O) groups is 1. The standard InChI is InChI=1S/C19H29N5O4S/c1-2-28-19(25)24-14-3-4-15(24)12-16(11-14)22-7-9-23(10-8-22)17-5-6-21-13-18(17)29(20,26)27/h5-6,13-16H,2-4,7-12H2,1H3,(H2,20,26,27). The quantitative estimate of drug-likeness (QED) is 0.769. The van der Waals surface area contributed by atoms with Gasteiger partial charge >= 0.3 is 6.09 Å². The fraction of sp³-hybridized carbons (Fsp3) is 0.684. The van der Waals surface area contributed by atoms with Crippen LogP contribution in [0.4, 0.5) is 10.5 Å². The number of primary sulfonamides is 1. The Kier molecular flexibility index (Phi) is 5.67. The highest BCUT2D eigenvalue weighted by atomic mass is 32.2. The van der Waals surface area contributed by atoms with Gasteiger partial charge in [0.25, 0.3) is 0 Å². The summed E-state index contributed by atoms with van der Waals surface area (Å²) in [5.41, 5.74) is 0.624. The maximum absolute atomic E-state index is 12.3. The molecule has 2 atom stereocenters. The second-order valence-corrected chi connectivity index (χ2v) is 9.56. The van der Waals surface area contributed by atoms with Crippen LogP contribution in [0, 0.1) is 0 Å². The van der Waals surface area contributed by atoms with Crippen molar-refractivity contribution in [2.75, 3.05) is 37.7 Å². The number of anilines is 1. The van der Waals surface area contributed by atoms with Gasteiger partial charge in [0.1, 0.15) is 4.90 Å². The summed E-state index contributed by atoms with van der Waals surface area (Å²) >= 11 is 0. The van der Waals surface area contributed by atoms with Gasteiger partial charge < -0.3 is 14.5 Å². The van der Waals surface area contributed by atoms with Crippen molar-refractivity contribution >= 4 is 21.8 Å². The van der Waals surface area contributed by atoms with Crippen molar-refractivity contribution in [1.29, 1.82) is 0 Å². The van der Waals surface area contributed by atoms with Gasteiger partial charge in [-0.15, -0.1) is 0 Å². The van der Waals surface area contributed by atoms with E-state index in [1.54, 1.807) is 12.3 Å². The maximum Gasteiger partial charge on any atom is 0.410 e. The Morgan fingerprint density at radius 2 is 1.83 bits per heavy atom. The van der Waals surface area contributed by atoms with E-state index < -0.39 is 10.0 Å². The number of amides is 1. The van der Waals surface area contributed by atoms with Crippen molar-refractivity contribution in [3.8, 4) is 0 Å². The number of nitrogens with zero attached hydrogens (tertiary/aromatic N) is 4. The topological polar surface area (TPSA) is 109 Å². The summed E-state index contributed by atoms with van der Waals surface area (Å²) in [6, 6.07) is 2.71. The lowest BCUT2D eigenvalue weighted by Crippen LogP contribution is -2.56. The van der Waals surface area contributed by atoms with Crippen molar-refractivity contribution in [1.82, 2.24) is 14.8 Å². The zero-order chi connectivity index (χ0) is 20.6. The number of pyridine rings is 1. The average molecular weight is 424 g/mol. The number of aromatic nitrogens is 1. The fourth-order valence-corrected chi connectivity index (χ4v) is 5.82. The van der Waals surface area contributed by atoms with Crippen LogP contribution in [0.2, 0.25) is 0 Å². The van der Waals surface area contributed by atoms with Gasteiger partial charge in [-0.2, -0.15) is 0 Å². The fourth-order valence-electron chi connectivity index (χ4n) is 5.12. The number of hydrogen-bond acceptors (Lipinski definition) is 7. The van der Waals surface area contributed by atoms with E-state index in [-0.39, 0.29) is 23.1 Å². The third-order valence-corrected chi connectivity index (χ3v) is 7.36. The molecule has 2 bridgehead atoms. The predicted octanol–water partition coefficient (Wildman–Crippen LogP) is 1.00. The highest BCUT2D eigenvalue weighted by Gasteiger charge is 2.45. The summed E-state index contributed by atoms with van der Waals surface area (Å²) in [5, 5.41) is 5.36. The number of nitrogens with two attached hydrogens (primary N) is 1. The largest absolute Gasteiger partial charge is 0.450 e. The number of rotatable bonds is 4. The number of sulfonamides is 1. The number of fused-ring (bicyclic) bond motifs is 2. The first-order chi connectivity index (χ1) is 13.9. The molecule has 2 unspecified atom stereocenters. The van der Waals surface area contributed by atoms with Crippen LogP contribution in [-0.4, -0.2) is 80.2 Å². The van der Waals surface area contributed by atoms with Crippen LogP contribution >= 0.6 is 0 Å². The van der Waals surface area contributed by atoms with E-state index in [1.165, 1.54) is 6.20 Å². The number of hydrogen-bond donors (Lipinski definition) is 1. The van der Waals surface area contributed by atoms with Crippen LogP contribution in [0.5, 0.6) is 0 Å². The first kappa shape index (κ1) is 20.4. The molecule has 3 aliphatic heterocycles. The molecule has 160 valence electrons. The Bertz CT molecular complexity index is 842. The molecule has 9 nitrogen and oxygen atoms in total. The number of piperidine rings is 1. The Hall–Kier alpha value is -1.91. The zero-order valence-electron chi connectivity index (χ0n) is 16.7. The van der Waals surface area contributed by atoms with Crippen LogP contribution in [-0.2, 0) is 14.8 Å². The third kappa shape index (κ3) is 4.06. The maximum atomic E-state index is 12.3. The molecule has 2 N–H and O–H groups in total. The average Bonchev–Trinajstić information content (AvgIpc) is 2.97. The summed E-state index contributed by atoms with van der Waals surface area (Å²) in [6.45, 7) is 5.44. The van der Waals surface area contributed by atoms with E-state index in [1.807, 2.05) is 11.8 Å². The normalized spacial score (nSPS) is 27.9. The zero-order valence-corrected chi connectivity index (χ0v) is 17.6. The molecule has 0 aromatic carbocycles. The van der Waals surface area contributed by atoms with E-state index in [0.29, 0.717) is 18.3 Å². The summed E-state index contributed by atoms with van der Waals surface area (Å²) < 4.78 is 29.0. The van der Waals surface area contributed by atoms with Crippen molar-refractivity contribution in [2.24, 2.45) is 5.14 Å². The van der Waals surface area contributed by atoms with Crippen LogP contribution in [0.15, 0.2) is 23.4 Å². The molecule has 3 aliphatic rings. The second kappa shape index (κ2) is 8.08. The van der Waals surface area contributed by atoms with E-state index >= 15 is 0 Å². The molecule has 1 amide bonds. The Labute approximate surface area is 171 Å². The van der Waals surface area contributed by atoms with Gasteiger partial charge in [-0.25, -0.2) is 18.4 Å². The minimum Gasteiger partial charge on any atom is -0.450 e. The predicted molar refractivity (Wildman–Crippen MR) is 108 cm³/mol. The molecule has 0 aliphatic carbocycles. The van der Waals surface area contributed by atoms with Crippen molar-refractivity contribution in [2.45, 2.75) is 55.6 Å². The van der Waals surface area contributed by atoms with E-state index in [2.05, 4.69) is 14.8 Å². The van der Waals surface area contributed by atoms with Crippen LogP contribution in [0.1, 0.15) is 32.6 Å². The van der Waals surface area contributed by atoms with Gasteiger partial charge in [0.2, 0.25) is 10.0 Å². The monoisotopic (exact) mass is 423 g/mol. The third-order valence-electron chi connectivity index (χ3n) is 6.43. The van der Waals surface area contributed by atoms with Gasteiger partial charge in [-0.1, -0.05) is 0 Å². The minimum atomic E-state index is -3.81. The van der Waals surface area contributed by atoms with Crippen molar-refractivity contribution < 1.29 is 17.9 Å². The Balaban J connectivity index is 1.39. The minimum absolute atomic E-state index is 0.0780. The molecule has 0 spiro atoms. The van der Waals surface area contributed by atoms with Crippen LogP contribution in [0.25, 0.3) is 0 Å². The molecule has 3 saturated heterocycles. The van der Waals surface area contributed by atoms with Gasteiger partial charge in [-0.05, 0) is 38.7 Å². The molecular formula is C19H29N5O4S.